The predicted molar refractivity (Wildman–Crippen MR) is 349 cm³/mol. The molecule has 0 bridgehead atoms. The van der Waals surface area contributed by atoms with E-state index in [0.717, 1.165) is 121 Å². The van der Waals surface area contributed by atoms with Gasteiger partial charge in [-0.15, -0.1) is 0 Å². The molecule has 14 rings (SSSR count). The normalized spacial score (nSPS) is 12.9. The number of aromatic nitrogens is 4. The van der Waals surface area contributed by atoms with Crippen molar-refractivity contribution in [3.63, 3.8) is 0 Å². The van der Waals surface area contributed by atoms with E-state index < -0.39 is 0 Å². The summed E-state index contributed by atoms with van der Waals surface area (Å²) in [7, 11) is 0. The second kappa shape index (κ2) is 17.9. The van der Waals surface area contributed by atoms with Crippen molar-refractivity contribution in [3.8, 4) is 39.9 Å². The van der Waals surface area contributed by atoms with Crippen LogP contribution in [-0.2, 0) is 21.7 Å². The molecule has 4 aromatic heterocycles. The monoisotopic (exact) mass is 1060 g/mol. The highest BCUT2D eigenvalue weighted by molar-refractivity contribution is 6.17. The van der Waals surface area contributed by atoms with Gasteiger partial charge in [0.15, 0.2) is 0 Å². The molecule has 0 amide bonds. The molecule has 0 N–H and O–H groups in total. The summed E-state index contributed by atoms with van der Waals surface area (Å²) in [4.78, 5) is 0. The smallest absolute Gasteiger partial charge is 0.104 e. The summed E-state index contributed by atoms with van der Waals surface area (Å²) in [5, 5.41) is 22.3. The van der Waals surface area contributed by atoms with Crippen LogP contribution in [0, 0.1) is 11.3 Å². The van der Waals surface area contributed by atoms with Gasteiger partial charge in [0.05, 0.1) is 66.9 Å². The highest BCUT2D eigenvalue weighted by atomic mass is 15.1. The van der Waals surface area contributed by atoms with Crippen LogP contribution in [0.15, 0.2) is 200 Å². The van der Waals surface area contributed by atoms with Crippen LogP contribution >= 0.6 is 0 Å². The Hall–Kier alpha value is -9.11. The first kappa shape index (κ1) is 51.1. The molecule has 0 saturated carbocycles. The molecule has 0 aliphatic carbocycles. The maximum atomic E-state index is 13.1. The van der Waals surface area contributed by atoms with Crippen LogP contribution < -0.4 is 0 Å². The van der Waals surface area contributed by atoms with Crippen molar-refractivity contribution in [2.24, 2.45) is 0 Å². The van der Waals surface area contributed by atoms with Gasteiger partial charge in [-0.25, -0.2) is 0 Å². The zero-order valence-corrected chi connectivity index (χ0v) is 49.3. The summed E-state index contributed by atoms with van der Waals surface area (Å²) in [6.07, 6.45) is 0. The first-order valence-electron chi connectivity index (χ1n) is 29.1. The molecular formula is C77H69N5. The third kappa shape index (κ3) is 7.64. The molecule has 0 unspecified atom stereocenters. The van der Waals surface area contributed by atoms with Crippen molar-refractivity contribution >= 4 is 87.2 Å². The first-order chi connectivity index (χ1) is 39.2. The molecule has 82 heavy (non-hydrogen) atoms. The van der Waals surface area contributed by atoms with Crippen molar-refractivity contribution in [2.75, 3.05) is 0 Å². The number of hydrogen-bond acceptors (Lipinski definition) is 1. The Kier molecular flexibility index (Phi) is 11.2. The Labute approximate surface area is 480 Å². The number of benzene rings is 10. The minimum atomic E-state index is -0.107. The first-order valence-corrected chi connectivity index (χ1v) is 29.1. The van der Waals surface area contributed by atoms with Gasteiger partial charge in [0.25, 0.3) is 0 Å². The van der Waals surface area contributed by atoms with Gasteiger partial charge in [-0.1, -0.05) is 210 Å². The average molecular weight is 1060 g/mol. The van der Waals surface area contributed by atoms with Crippen LogP contribution in [0.5, 0.6) is 0 Å². The molecule has 4 heterocycles. The standard InChI is InChI=1S/C77H69N5/c1-74(2,3)48-34-38-65-56(42-48)52-26-16-20-30-61(52)79(65)70-60(46-78)71(80-62-31-21-17-27-53(62)57-43-49(75(4,5)6)35-39-66(57)80)73(82-64-33-23-19-29-55(64)59-45-51(77(10,11)12)37-41-68(59)82)69(47-24-14-13-15-25-47)72(70)81-63-32-22-18-28-54(63)58-44-50(76(7,8)9)36-40-67(58)81/h13-45H,1-12H3. The maximum absolute atomic E-state index is 13.1. The molecule has 5 heteroatoms. The molecule has 402 valence electrons. The summed E-state index contributed by atoms with van der Waals surface area (Å²) in [5.74, 6) is 0. The summed E-state index contributed by atoms with van der Waals surface area (Å²) in [6, 6.07) is 77.7. The molecule has 0 aliphatic rings. The molecule has 0 atom stereocenters. The van der Waals surface area contributed by atoms with Crippen LogP contribution in [0.25, 0.3) is 121 Å². The zero-order valence-electron chi connectivity index (χ0n) is 49.3. The lowest BCUT2D eigenvalue weighted by Crippen LogP contribution is -2.16. The van der Waals surface area contributed by atoms with Crippen molar-refractivity contribution in [1.82, 2.24) is 18.3 Å². The van der Waals surface area contributed by atoms with E-state index in [4.69, 9.17) is 0 Å². The fourth-order valence-corrected chi connectivity index (χ4v) is 13.3. The van der Waals surface area contributed by atoms with Crippen molar-refractivity contribution in [2.45, 2.75) is 105 Å². The lowest BCUT2D eigenvalue weighted by Gasteiger charge is -2.29. The number of rotatable bonds is 5. The van der Waals surface area contributed by atoms with Crippen molar-refractivity contribution < 1.29 is 0 Å². The number of nitrogens with zero attached hydrogens (tertiary/aromatic N) is 5. The quantitative estimate of drug-likeness (QED) is 0.169. The summed E-state index contributed by atoms with van der Waals surface area (Å²) >= 11 is 0. The molecule has 0 aliphatic heterocycles. The van der Waals surface area contributed by atoms with Crippen molar-refractivity contribution in [1.29, 1.82) is 5.26 Å². The van der Waals surface area contributed by atoms with Gasteiger partial charge in [-0.05, 0) is 122 Å². The Morgan fingerprint density at radius 2 is 0.512 bits per heavy atom. The fraction of sp³-hybridized carbons (Fsp3) is 0.208. The SMILES string of the molecule is CC(C)(C)c1ccc2c(c1)c1ccccc1n2-c1c(C#N)c(-n2c3ccccc3c3cc(C(C)(C)C)ccc32)c(-n2c3ccccc3c3cc(C(C)(C)C)ccc32)c(-c2ccccc2)c1-n1c2ccccc2c2cc(C(C)(C)C)ccc21. The lowest BCUT2D eigenvalue weighted by molar-refractivity contribution is 0.591. The van der Waals surface area contributed by atoms with E-state index in [1.165, 1.54) is 22.3 Å². The van der Waals surface area contributed by atoms with E-state index in [0.29, 0.717) is 5.56 Å². The topological polar surface area (TPSA) is 43.5 Å². The molecule has 0 radical (unpaired) electrons. The highest BCUT2D eigenvalue weighted by Crippen LogP contribution is 2.53. The van der Waals surface area contributed by atoms with Crippen LogP contribution in [0.4, 0.5) is 0 Å². The van der Waals surface area contributed by atoms with Gasteiger partial charge in [0, 0.05) is 48.7 Å². The van der Waals surface area contributed by atoms with Gasteiger partial charge in [-0.3, -0.25) is 0 Å². The zero-order chi connectivity index (χ0) is 56.9. The van der Waals surface area contributed by atoms with E-state index in [2.05, 4.69) is 308 Å². The number of para-hydroxylation sites is 4. The van der Waals surface area contributed by atoms with Gasteiger partial charge in [0.1, 0.15) is 11.6 Å². The molecule has 10 aromatic carbocycles. The van der Waals surface area contributed by atoms with E-state index in [1.807, 2.05) is 0 Å². The summed E-state index contributed by atoms with van der Waals surface area (Å²) in [5.41, 5.74) is 19.0. The van der Waals surface area contributed by atoms with E-state index in [9.17, 15) is 5.26 Å². The van der Waals surface area contributed by atoms with Crippen LogP contribution in [0.1, 0.15) is 111 Å². The van der Waals surface area contributed by atoms with E-state index >= 15 is 0 Å². The van der Waals surface area contributed by atoms with E-state index in [-0.39, 0.29) is 21.7 Å². The van der Waals surface area contributed by atoms with Gasteiger partial charge in [-0.2, -0.15) is 5.26 Å². The predicted octanol–water partition coefficient (Wildman–Crippen LogP) is 20.8. The molecule has 0 saturated heterocycles. The van der Waals surface area contributed by atoms with Gasteiger partial charge >= 0.3 is 0 Å². The molecule has 5 nitrogen and oxygen atoms in total. The minimum absolute atomic E-state index is 0.102. The number of hydrogen-bond donors (Lipinski definition) is 0. The Bertz CT molecular complexity index is 4720. The molecule has 14 aromatic rings. The lowest BCUT2D eigenvalue weighted by atomic mass is 9.86. The van der Waals surface area contributed by atoms with Crippen LogP contribution in [0.3, 0.4) is 0 Å². The number of fused-ring (bicyclic) bond motifs is 12. The van der Waals surface area contributed by atoms with Gasteiger partial charge in [0.2, 0.25) is 0 Å². The van der Waals surface area contributed by atoms with Gasteiger partial charge < -0.3 is 18.3 Å². The Morgan fingerprint density at radius 1 is 0.268 bits per heavy atom. The summed E-state index contributed by atoms with van der Waals surface area (Å²) < 4.78 is 9.92. The third-order valence-electron chi connectivity index (χ3n) is 17.6. The maximum Gasteiger partial charge on any atom is 0.104 e. The van der Waals surface area contributed by atoms with Crippen molar-refractivity contribution in [3.05, 3.63) is 228 Å². The van der Waals surface area contributed by atoms with Crippen LogP contribution in [-0.4, -0.2) is 18.3 Å². The minimum Gasteiger partial charge on any atom is -0.306 e. The second-order valence-corrected chi connectivity index (χ2v) is 27.0. The Balaban J connectivity index is 1.33. The Morgan fingerprint density at radius 3 is 0.780 bits per heavy atom. The van der Waals surface area contributed by atoms with E-state index in [1.54, 1.807) is 0 Å². The summed E-state index contributed by atoms with van der Waals surface area (Å²) in [6.45, 7) is 27.5. The second-order valence-electron chi connectivity index (χ2n) is 27.0. The van der Waals surface area contributed by atoms with Crippen LogP contribution in [0.2, 0.25) is 0 Å². The third-order valence-corrected chi connectivity index (χ3v) is 17.6. The largest absolute Gasteiger partial charge is 0.306 e. The molecule has 0 spiro atoms. The molecular weight excluding hydrogens is 995 g/mol. The number of nitriles is 1. The fourth-order valence-electron chi connectivity index (χ4n) is 13.3. The molecule has 0 fully saturated rings. The highest BCUT2D eigenvalue weighted by Gasteiger charge is 2.36. The average Bonchev–Trinajstić information content (AvgIpc) is 2.32.